The number of hydrogen-bond acceptors (Lipinski definition) is 15. The van der Waals surface area contributed by atoms with Crippen molar-refractivity contribution in [2.24, 2.45) is 0 Å². The number of aromatic nitrogens is 9. The second-order valence-corrected chi connectivity index (χ2v) is 14.5. The van der Waals surface area contributed by atoms with Gasteiger partial charge in [-0.05, 0) is 68.4 Å². The molecule has 0 fully saturated rings. The number of carboxylic acid groups (broad SMARTS) is 2. The van der Waals surface area contributed by atoms with E-state index >= 15 is 0 Å². The van der Waals surface area contributed by atoms with Gasteiger partial charge in [-0.1, -0.05) is 18.2 Å². The number of anilines is 2. The van der Waals surface area contributed by atoms with E-state index in [-0.39, 0.29) is 25.3 Å². The van der Waals surface area contributed by atoms with E-state index in [0.29, 0.717) is 41.2 Å². The van der Waals surface area contributed by atoms with E-state index in [0.717, 1.165) is 94.2 Å². The van der Waals surface area contributed by atoms with Crippen LogP contribution in [0.15, 0.2) is 79.5 Å². The van der Waals surface area contributed by atoms with Crippen molar-refractivity contribution in [1.29, 1.82) is 0 Å². The number of rotatable bonds is 11. The monoisotopic (exact) mass is 821 g/mol. The standard InChI is InChI=1S/C25H24N6O2.C18H17N5O2.CH2O2/c1-31(15-18(32)11-16-8-9-23(33-2)28-13-16)25-19-6-3-7-20(19)29-24(30-25)21-12-17-5-4-10-26-22(17)14-27-21;1-23(10-16(24)25)18-12-5-2-6-13(12)21-17(22-18)14-8-11-4-3-7-19-15(11)9-20-14;2-1-3/h4-5,8-10,12-14H,3,6-7,11,15H2,1-2H3;3-4,7-9H,2,5-6,10H2,1H3,(H,24,25);1H,(H,2,3). The summed E-state index contributed by atoms with van der Waals surface area (Å²) in [5, 5.41) is 17.9. The normalized spacial score (nSPS) is 12.3. The van der Waals surface area contributed by atoms with Crippen LogP contribution in [0.2, 0.25) is 0 Å². The summed E-state index contributed by atoms with van der Waals surface area (Å²) in [6, 6.07) is 15.3. The number of carboxylic acids is 1. The van der Waals surface area contributed by atoms with Crippen molar-refractivity contribution < 1.29 is 29.3 Å². The lowest BCUT2D eigenvalue weighted by Crippen LogP contribution is -2.28. The van der Waals surface area contributed by atoms with Crippen molar-refractivity contribution in [2.75, 3.05) is 44.1 Å². The highest BCUT2D eigenvalue weighted by molar-refractivity contribution is 5.86. The van der Waals surface area contributed by atoms with Crippen molar-refractivity contribution in [3.63, 3.8) is 0 Å². The average molecular weight is 822 g/mol. The molecule has 17 heteroatoms. The molecule has 7 heterocycles. The fourth-order valence-electron chi connectivity index (χ4n) is 7.42. The number of fused-ring (bicyclic) bond motifs is 4. The van der Waals surface area contributed by atoms with Gasteiger partial charge < -0.3 is 24.7 Å². The molecule has 310 valence electrons. The van der Waals surface area contributed by atoms with Crippen LogP contribution in [0.25, 0.3) is 44.8 Å². The first-order valence-electron chi connectivity index (χ1n) is 19.6. The van der Waals surface area contributed by atoms with Crippen molar-refractivity contribution in [1.82, 2.24) is 44.9 Å². The molecule has 2 N–H and O–H groups in total. The number of ether oxygens (including phenoxy) is 1. The number of carbonyl (C=O) groups excluding carboxylic acids is 1. The van der Waals surface area contributed by atoms with Gasteiger partial charge in [0.25, 0.3) is 6.47 Å². The van der Waals surface area contributed by atoms with Crippen LogP contribution in [0.5, 0.6) is 5.88 Å². The van der Waals surface area contributed by atoms with Crippen molar-refractivity contribution in [3.05, 3.63) is 108 Å². The molecule has 0 saturated heterocycles. The largest absolute Gasteiger partial charge is 0.483 e. The van der Waals surface area contributed by atoms with Gasteiger partial charge in [0.15, 0.2) is 17.4 Å². The minimum atomic E-state index is -0.885. The molecule has 0 aliphatic heterocycles. The van der Waals surface area contributed by atoms with E-state index in [1.807, 2.05) is 54.4 Å². The molecular formula is C44H43N11O6. The number of hydrogen-bond donors (Lipinski definition) is 2. The molecule has 0 saturated carbocycles. The zero-order chi connectivity index (χ0) is 42.9. The molecule has 0 unspecified atom stereocenters. The molecule has 0 amide bonds. The Morgan fingerprint density at radius 2 is 1.23 bits per heavy atom. The molecule has 0 aromatic carbocycles. The van der Waals surface area contributed by atoms with Gasteiger partial charge >= 0.3 is 5.97 Å². The maximum Gasteiger partial charge on any atom is 0.323 e. The van der Waals surface area contributed by atoms with E-state index in [1.54, 1.807) is 56.1 Å². The molecule has 2 aliphatic carbocycles. The highest BCUT2D eigenvalue weighted by atomic mass is 16.5. The van der Waals surface area contributed by atoms with Gasteiger partial charge in [0.1, 0.15) is 29.6 Å². The third-order valence-corrected chi connectivity index (χ3v) is 10.2. The summed E-state index contributed by atoms with van der Waals surface area (Å²) in [4.78, 5) is 76.6. The van der Waals surface area contributed by atoms with E-state index < -0.39 is 5.97 Å². The summed E-state index contributed by atoms with van der Waals surface area (Å²) in [7, 11) is 5.23. The average Bonchev–Trinajstić information content (AvgIpc) is 3.96. The van der Waals surface area contributed by atoms with E-state index in [4.69, 9.17) is 29.7 Å². The van der Waals surface area contributed by atoms with Crippen LogP contribution in [0.1, 0.15) is 40.9 Å². The lowest BCUT2D eigenvalue weighted by atomic mass is 10.1. The van der Waals surface area contributed by atoms with Gasteiger partial charge in [0, 0.05) is 78.5 Å². The number of likely N-dealkylation sites (N-methyl/N-ethyl adjacent to an activating group) is 2. The fourth-order valence-corrected chi connectivity index (χ4v) is 7.42. The number of ketones is 1. The lowest BCUT2D eigenvalue weighted by molar-refractivity contribution is -0.135. The number of nitrogens with zero attached hydrogens (tertiary/aromatic N) is 11. The zero-order valence-corrected chi connectivity index (χ0v) is 33.9. The molecule has 17 nitrogen and oxygen atoms in total. The number of pyridine rings is 5. The molecule has 0 radical (unpaired) electrons. The van der Waals surface area contributed by atoms with E-state index in [1.165, 1.54) is 0 Å². The Morgan fingerprint density at radius 1 is 0.705 bits per heavy atom. The second-order valence-electron chi connectivity index (χ2n) is 14.5. The second kappa shape index (κ2) is 19.0. The number of aliphatic carboxylic acids is 1. The van der Waals surface area contributed by atoms with Gasteiger partial charge in [-0.15, -0.1) is 0 Å². The molecule has 0 spiro atoms. The first kappa shape index (κ1) is 41.6. The number of methoxy groups -OCH3 is 1. The van der Waals surface area contributed by atoms with Crippen LogP contribution in [0.3, 0.4) is 0 Å². The molecule has 7 aromatic rings. The van der Waals surface area contributed by atoms with Gasteiger partial charge in [-0.2, -0.15) is 0 Å². The predicted octanol–water partition coefficient (Wildman–Crippen LogP) is 5.02. The summed E-state index contributed by atoms with van der Waals surface area (Å²) in [5.41, 5.74) is 8.09. The first-order chi connectivity index (χ1) is 29.6. The first-order valence-corrected chi connectivity index (χ1v) is 19.6. The van der Waals surface area contributed by atoms with Crippen molar-refractivity contribution in [2.45, 2.75) is 44.9 Å². The Labute approximate surface area is 350 Å². The number of Topliss-reactive ketones (excluding diaryl/α,β-unsaturated/α-hetero) is 1. The Kier molecular flexibility index (Phi) is 13.0. The highest BCUT2D eigenvalue weighted by Gasteiger charge is 2.25. The lowest BCUT2D eigenvalue weighted by Gasteiger charge is -2.21. The smallest absolute Gasteiger partial charge is 0.323 e. The van der Waals surface area contributed by atoms with Crippen LogP contribution in [0, 0.1) is 0 Å². The third kappa shape index (κ3) is 9.84. The van der Waals surface area contributed by atoms with E-state index in [2.05, 4.69) is 34.9 Å². The fraction of sp³-hybridized carbons (Fsp3) is 0.273. The SMILES string of the molecule is CN(CC(=O)O)c1nc(-c2cc3cccnc3cn2)nc2c1CCC2.COc1ccc(CC(=O)CN(C)c2nc(-c3cc4cccnc4cn3)nc3c2CCC3)cn1.O=CO. The molecule has 0 bridgehead atoms. The summed E-state index contributed by atoms with van der Waals surface area (Å²) in [6.45, 7) is -0.0953. The molecular weight excluding hydrogens is 779 g/mol. The summed E-state index contributed by atoms with van der Waals surface area (Å²) < 4.78 is 5.08. The molecule has 2 aliphatic rings. The third-order valence-electron chi connectivity index (χ3n) is 10.2. The maximum absolute atomic E-state index is 12.8. The van der Waals surface area contributed by atoms with Crippen LogP contribution in [-0.4, -0.2) is 108 Å². The van der Waals surface area contributed by atoms with Gasteiger partial charge in [-0.25, -0.2) is 24.9 Å². The summed E-state index contributed by atoms with van der Waals surface area (Å²) in [6.07, 6.45) is 14.6. The number of aryl methyl sites for hydroxylation is 2. The van der Waals surface area contributed by atoms with Gasteiger partial charge in [0.05, 0.1) is 37.1 Å². The zero-order valence-electron chi connectivity index (χ0n) is 33.9. The molecule has 9 rings (SSSR count). The minimum absolute atomic E-state index is 0.0891. The number of carbonyl (C=O) groups is 3. The van der Waals surface area contributed by atoms with Crippen molar-refractivity contribution >= 4 is 51.7 Å². The summed E-state index contributed by atoms with van der Waals surface area (Å²) in [5.74, 6) is 2.34. The Balaban J connectivity index is 0.000000179. The van der Waals surface area contributed by atoms with Gasteiger partial charge in [-0.3, -0.25) is 34.3 Å². The van der Waals surface area contributed by atoms with E-state index in [9.17, 15) is 9.59 Å². The topological polar surface area (TPSA) is 223 Å². The van der Waals surface area contributed by atoms with Crippen LogP contribution < -0.4 is 14.5 Å². The van der Waals surface area contributed by atoms with Crippen LogP contribution in [-0.2, 0) is 46.5 Å². The Hall–Kier alpha value is -7.56. The van der Waals surface area contributed by atoms with Gasteiger partial charge in [0.2, 0.25) is 5.88 Å². The highest BCUT2D eigenvalue weighted by Crippen LogP contribution is 2.32. The molecule has 7 aromatic heterocycles. The molecule has 61 heavy (non-hydrogen) atoms. The Morgan fingerprint density at radius 3 is 1.70 bits per heavy atom. The maximum atomic E-state index is 12.8. The van der Waals surface area contributed by atoms with Crippen molar-refractivity contribution in [3.8, 4) is 28.9 Å². The molecule has 0 atom stereocenters. The predicted molar refractivity (Wildman–Crippen MR) is 228 cm³/mol. The van der Waals surface area contributed by atoms with Crippen LogP contribution in [0.4, 0.5) is 11.6 Å². The summed E-state index contributed by atoms with van der Waals surface area (Å²) >= 11 is 0. The van der Waals surface area contributed by atoms with Crippen LogP contribution >= 0.6 is 0 Å². The quantitative estimate of drug-likeness (QED) is 0.163. The Bertz CT molecular complexity index is 2720. The minimum Gasteiger partial charge on any atom is -0.483 e.